The predicted octanol–water partition coefficient (Wildman–Crippen LogP) is 2.25. The van der Waals surface area contributed by atoms with Gasteiger partial charge in [-0.05, 0) is 24.3 Å². The Labute approximate surface area is 101 Å². The van der Waals surface area contributed by atoms with Crippen LogP contribution in [0.3, 0.4) is 0 Å². The van der Waals surface area contributed by atoms with Crippen molar-refractivity contribution in [1.82, 2.24) is 4.90 Å². The van der Waals surface area contributed by atoms with Crippen LogP contribution in [0.5, 0.6) is 0 Å². The normalized spacial score (nSPS) is 12.8. The molecular formula is C12H20N2OS. The van der Waals surface area contributed by atoms with Crippen LogP contribution in [-0.4, -0.2) is 23.9 Å². The molecule has 0 saturated heterocycles. The fourth-order valence-corrected chi connectivity index (χ4v) is 2.32. The van der Waals surface area contributed by atoms with Gasteiger partial charge in [0.2, 0.25) is 5.91 Å². The molecule has 0 saturated carbocycles. The molecule has 1 atom stereocenters. The van der Waals surface area contributed by atoms with Crippen LogP contribution in [0.2, 0.25) is 0 Å². The first-order chi connectivity index (χ1) is 7.56. The highest BCUT2D eigenvalue weighted by atomic mass is 32.1. The molecule has 2 N–H and O–H groups in total. The molecule has 0 bridgehead atoms. The predicted molar refractivity (Wildman–Crippen MR) is 68.3 cm³/mol. The quantitative estimate of drug-likeness (QED) is 0.858. The van der Waals surface area contributed by atoms with Crippen LogP contribution in [0, 0.1) is 5.92 Å². The Kier molecular flexibility index (Phi) is 4.96. The van der Waals surface area contributed by atoms with Crippen molar-refractivity contribution in [3.63, 3.8) is 0 Å². The number of nitrogens with zero attached hydrogens (tertiary/aromatic N) is 1. The number of hydrogen-bond donors (Lipinski definition) is 1. The summed E-state index contributed by atoms with van der Waals surface area (Å²) < 4.78 is 0. The molecule has 3 nitrogen and oxygen atoms in total. The minimum Gasteiger partial charge on any atom is -0.341 e. The van der Waals surface area contributed by atoms with E-state index in [4.69, 9.17) is 5.73 Å². The van der Waals surface area contributed by atoms with Gasteiger partial charge >= 0.3 is 0 Å². The summed E-state index contributed by atoms with van der Waals surface area (Å²) in [6, 6.07) is 3.33. The van der Waals surface area contributed by atoms with E-state index in [-0.39, 0.29) is 5.91 Å². The summed E-state index contributed by atoms with van der Waals surface area (Å²) in [6.45, 7) is 7.69. The standard InChI is InChI=1S/C12H20N2OS/c1-4-14(8-9(2)3)12(15)11(13)10-6-5-7-16-10/h5-7,9,11H,4,8,13H2,1-3H3. The van der Waals surface area contributed by atoms with Crippen LogP contribution in [0.1, 0.15) is 31.7 Å². The molecule has 1 rings (SSSR count). The smallest absolute Gasteiger partial charge is 0.244 e. The number of thiophene rings is 1. The van der Waals surface area contributed by atoms with Crippen LogP contribution in [0.25, 0.3) is 0 Å². The third kappa shape index (κ3) is 3.32. The minimum atomic E-state index is -0.501. The van der Waals surface area contributed by atoms with E-state index in [9.17, 15) is 4.79 Å². The van der Waals surface area contributed by atoms with E-state index in [1.807, 2.05) is 29.3 Å². The fraction of sp³-hybridized carbons (Fsp3) is 0.583. The molecule has 0 spiro atoms. The Hall–Kier alpha value is -0.870. The van der Waals surface area contributed by atoms with Crippen molar-refractivity contribution >= 4 is 17.2 Å². The molecule has 90 valence electrons. The van der Waals surface area contributed by atoms with Gasteiger partial charge in [-0.1, -0.05) is 19.9 Å². The maximum Gasteiger partial charge on any atom is 0.244 e. The zero-order valence-electron chi connectivity index (χ0n) is 10.1. The maximum absolute atomic E-state index is 12.1. The van der Waals surface area contributed by atoms with Gasteiger partial charge in [-0.25, -0.2) is 0 Å². The number of amides is 1. The molecule has 1 unspecified atom stereocenters. The van der Waals surface area contributed by atoms with E-state index >= 15 is 0 Å². The summed E-state index contributed by atoms with van der Waals surface area (Å²) in [5, 5.41) is 1.95. The molecule has 1 aromatic heterocycles. The van der Waals surface area contributed by atoms with Gasteiger partial charge in [-0.15, -0.1) is 11.3 Å². The van der Waals surface area contributed by atoms with E-state index in [2.05, 4.69) is 13.8 Å². The first-order valence-corrected chi connectivity index (χ1v) is 6.52. The Bertz CT molecular complexity index is 322. The first-order valence-electron chi connectivity index (χ1n) is 5.64. The number of nitrogens with two attached hydrogens (primary N) is 1. The van der Waals surface area contributed by atoms with Gasteiger partial charge in [0.1, 0.15) is 6.04 Å². The van der Waals surface area contributed by atoms with Crippen LogP contribution < -0.4 is 5.73 Å². The highest BCUT2D eigenvalue weighted by Gasteiger charge is 2.22. The second kappa shape index (κ2) is 6.01. The number of hydrogen-bond acceptors (Lipinski definition) is 3. The van der Waals surface area contributed by atoms with Crippen molar-refractivity contribution in [3.8, 4) is 0 Å². The Balaban J connectivity index is 2.68. The molecule has 4 heteroatoms. The third-order valence-electron chi connectivity index (χ3n) is 2.39. The largest absolute Gasteiger partial charge is 0.341 e. The van der Waals surface area contributed by atoms with Crippen molar-refractivity contribution in [1.29, 1.82) is 0 Å². The zero-order chi connectivity index (χ0) is 12.1. The minimum absolute atomic E-state index is 0.0265. The first kappa shape index (κ1) is 13.2. The highest BCUT2D eigenvalue weighted by Crippen LogP contribution is 2.19. The van der Waals surface area contributed by atoms with Gasteiger partial charge in [-0.3, -0.25) is 4.79 Å². The Morgan fingerprint density at radius 2 is 2.25 bits per heavy atom. The molecule has 1 heterocycles. The second-order valence-corrected chi connectivity index (χ2v) is 5.24. The Morgan fingerprint density at radius 1 is 1.56 bits per heavy atom. The van der Waals surface area contributed by atoms with Crippen molar-refractivity contribution < 1.29 is 4.79 Å². The lowest BCUT2D eigenvalue weighted by molar-refractivity contribution is -0.133. The van der Waals surface area contributed by atoms with Gasteiger partial charge in [0, 0.05) is 18.0 Å². The maximum atomic E-state index is 12.1. The van der Waals surface area contributed by atoms with Crippen molar-refractivity contribution in [2.45, 2.75) is 26.8 Å². The second-order valence-electron chi connectivity index (χ2n) is 4.26. The fourth-order valence-electron chi connectivity index (χ4n) is 1.60. The molecule has 0 fully saturated rings. The van der Waals surface area contributed by atoms with Gasteiger partial charge < -0.3 is 10.6 Å². The molecule has 0 aliphatic heterocycles. The summed E-state index contributed by atoms with van der Waals surface area (Å²) in [4.78, 5) is 14.9. The molecule has 16 heavy (non-hydrogen) atoms. The average molecular weight is 240 g/mol. The highest BCUT2D eigenvalue weighted by molar-refractivity contribution is 7.10. The third-order valence-corrected chi connectivity index (χ3v) is 3.35. The zero-order valence-corrected chi connectivity index (χ0v) is 11.0. The Morgan fingerprint density at radius 3 is 2.69 bits per heavy atom. The molecule has 0 aromatic carbocycles. The van der Waals surface area contributed by atoms with Crippen LogP contribution >= 0.6 is 11.3 Å². The van der Waals surface area contributed by atoms with E-state index < -0.39 is 6.04 Å². The van der Waals surface area contributed by atoms with E-state index in [0.29, 0.717) is 5.92 Å². The SMILES string of the molecule is CCN(CC(C)C)C(=O)C(N)c1cccs1. The topological polar surface area (TPSA) is 46.3 Å². The molecule has 0 radical (unpaired) electrons. The van der Waals surface area contributed by atoms with Crippen LogP contribution in [-0.2, 0) is 4.79 Å². The molecule has 1 aromatic rings. The monoisotopic (exact) mass is 240 g/mol. The lowest BCUT2D eigenvalue weighted by Crippen LogP contribution is -2.40. The lowest BCUT2D eigenvalue weighted by Gasteiger charge is -2.25. The van der Waals surface area contributed by atoms with Gasteiger partial charge in [0.15, 0.2) is 0 Å². The van der Waals surface area contributed by atoms with Crippen molar-refractivity contribution in [2.24, 2.45) is 11.7 Å². The summed E-state index contributed by atoms with van der Waals surface area (Å²) in [6.07, 6.45) is 0. The summed E-state index contributed by atoms with van der Waals surface area (Å²) in [7, 11) is 0. The van der Waals surface area contributed by atoms with Crippen molar-refractivity contribution in [2.75, 3.05) is 13.1 Å². The summed E-state index contributed by atoms with van der Waals surface area (Å²) >= 11 is 1.53. The molecule has 1 amide bonds. The number of carbonyl (C=O) groups excluding carboxylic acids is 1. The number of carbonyl (C=O) groups is 1. The average Bonchev–Trinajstić information content (AvgIpc) is 2.76. The summed E-state index contributed by atoms with van der Waals surface area (Å²) in [5.41, 5.74) is 5.95. The van der Waals surface area contributed by atoms with Crippen LogP contribution in [0.15, 0.2) is 17.5 Å². The van der Waals surface area contributed by atoms with Gasteiger partial charge in [0.05, 0.1) is 0 Å². The van der Waals surface area contributed by atoms with E-state index in [1.54, 1.807) is 0 Å². The van der Waals surface area contributed by atoms with Gasteiger partial charge in [-0.2, -0.15) is 0 Å². The number of likely N-dealkylation sites (N-methyl/N-ethyl adjacent to an activating group) is 1. The number of rotatable bonds is 5. The van der Waals surface area contributed by atoms with Crippen molar-refractivity contribution in [3.05, 3.63) is 22.4 Å². The molecule has 0 aliphatic carbocycles. The summed E-state index contributed by atoms with van der Waals surface area (Å²) in [5.74, 6) is 0.498. The van der Waals surface area contributed by atoms with Crippen LogP contribution in [0.4, 0.5) is 0 Å². The van der Waals surface area contributed by atoms with Gasteiger partial charge in [0.25, 0.3) is 0 Å². The lowest BCUT2D eigenvalue weighted by atomic mass is 10.1. The van der Waals surface area contributed by atoms with E-state index in [0.717, 1.165) is 18.0 Å². The molecule has 0 aliphatic rings. The van der Waals surface area contributed by atoms with E-state index in [1.165, 1.54) is 11.3 Å². The molecular weight excluding hydrogens is 220 g/mol.